The zero-order valence-electron chi connectivity index (χ0n) is 17.4. The Hall–Kier alpha value is -3.92. The fourth-order valence-electron chi connectivity index (χ4n) is 3.23. The monoisotopic (exact) mass is 490 g/mol. The molecule has 0 saturated heterocycles. The van der Waals surface area contributed by atoms with Gasteiger partial charge in [-0.25, -0.2) is 9.37 Å². The van der Waals surface area contributed by atoms with Crippen LogP contribution in [0.5, 0.6) is 11.6 Å². The van der Waals surface area contributed by atoms with Crippen LogP contribution in [0.15, 0.2) is 60.8 Å². The van der Waals surface area contributed by atoms with Gasteiger partial charge in [-0.1, -0.05) is 23.7 Å². The summed E-state index contributed by atoms with van der Waals surface area (Å²) in [4.78, 5) is 20.8. The Bertz CT molecular complexity index is 1400. The number of ether oxygens (including phenoxy) is 1. The number of anilines is 2. The highest BCUT2D eigenvalue weighted by Gasteiger charge is 2.33. The van der Waals surface area contributed by atoms with E-state index in [1.54, 1.807) is 7.05 Å². The summed E-state index contributed by atoms with van der Waals surface area (Å²) in [5.41, 5.74) is -1.13. The molecule has 174 valence electrons. The van der Waals surface area contributed by atoms with Crippen molar-refractivity contribution in [2.24, 2.45) is 0 Å². The topological polar surface area (TPSA) is 76.1 Å². The van der Waals surface area contributed by atoms with Gasteiger partial charge in [-0.05, 0) is 41.8 Å². The van der Waals surface area contributed by atoms with E-state index in [2.05, 4.69) is 20.6 Å². The van der Waals surface area contributed by atoms with Crippen molar-refractivity contribution in [3.63, 3.8) is 0 Å². The molecule has 4 rings (SSSR count). The fourth-order valence-corrected chi connectivity index (χ4v) is 3.45. The molecule has 0 saturated carbocycles. The first-order valence-electron chi connectivity index (χ1n) is 9.75. The summed E-state index contributed by atoms with van der Waals surface area (Å²) in [6.45, 7) is 0. The van der Waals surface area contributed by atoms with Crippen LogP contribution in [0.1, 0.15) is 15.9 Å². The molecule has 1 heterocycles. The molecule has 1 amide bonds. The normalized spacial score (nSPS) is 11.4. The first-order chi connectivity index (χ1) is 16.2. The molecule has 34 heavy (non-hydrogen) atoms. The lowest BCUT2D eigenvalue weighted by Crippen LogP contribution is -2.14. The Kier molecular flexibility index (Phi) is 6.25. The number of halogens is 5. The number of rotatable bonds is 5. The minimum Gasteiger partial charge on any atom is -0.436 e. The minimum atomic E-state index is -4.69. The first kappa shape index (κ1) is 23.2. The molecule has 11 heteroatoms. The van der Waals surface area contributed by atoms with Crippen LogP contribution in [-0.2, 0) is 6.18 Å². The highest BCUT2D eigenvalue weighted by Crippen LogP contribution is 2.36. The third-order valence-electron chi connectivity index (χ3n) is 4.80. The summed E-state index contributed by atoms with van der Waals surface area (Å²) in [6.07, 6.45) is -3.25. The van der Waals surface area contributed by atoms with Crippen molar-refractivity contribution < 1.29 is 27.1 Å². The maximum absolute atomic E-state index is 15.2. The highest BCUT2D eigenvalue weighted by molar-refractivity contribution is 6.31. The smallest absolute Gasteiger partial charge is 0.417 e. The van der Waals surface area contributed by atoms with E-state index in [1.165, 1.54) is 48.7 Å². The average molecular weight is 491 g/mol. The van der Waals surface area contributed by atoms with Crippen molar-refractivity contribution in [3.05, 3.63) is 82.8 Å². The van der Waals surface area contributed by atoms with Gasteiger partial charge in [0.2, 0.25) is 11.8 Å². The van der Waals surface area contributed by atoms with Crippen LogP contribution >= 0.6 is 11.6 Å². The van der Waals surface area contributed by atoms with Gasteiger partial charge in [-0.15, -0.1) is 0 Å². The number of hydrogen-bond acceptors (Lipinski definition) is 5. The minimum absolute atomic E-state index is 0.0611. The molecule has 4 aromatic rings. The van der Waals surface area contributed by atoms with E-state index in [-0.39, 0.29) is 39.6 Å². The zero-order chi connectivity index (χ0) is 24.5. The van der Waals surface area contributed by atoms with E-state index in [0.717, 1.165) is 12.1 Å². The van der Waals surface area contributed by atoms with Crippen molar-refractivity contribution in [2.45, 2.75) is 6.18 Å². The lowest BCUT2D eigenvalue weighted by molar-refractivity contribution is -0.137. The molecule has 0 aliphatic carbocycles. The molecule has 6 nitrogen and oxygen atoms in total. The maximum Gasteiger partial charge on any atom is 0.417 e. The Morgan fingerprint density at radius 3 is 2.59 bits per heavy atom. The molecule has 2 N–H and O–H groups in total. The van der Waals surface area contributed by atoms with Gasteiger partial charge in [0.05, 0.1) is 10.6 Å². The van der Waals surface area contributed by atoms with Gasteiger partial charge < -0.3 is 15.4 Å². The number of nitrogens with one attached hydrogen (secondary N) is 2. The van der Waals surface area contributed by atoms with E-state index >= 15 is 4.39 Å². The van der Waals surface area contributed by atoms with Crippen molar-refractivity contribution >= 4 is 39.9 Å². The molecule has 0 unspecified atom stereocenters. The second-order valence-electron chi connectivity index (χ2n) is 7.00. The van der Waals surface area contributed by atoms with E-state index in [1.807, 2.05) is 0 Å². The fraction of sp³-hybridized carbons (Fsp3) is 0.0870. The molecule has 0 spiro atoms. The van der Waals surface area contributed by atoms with Crippen molar-refractivity contribution in [2.75, 3.05) is 17.7 Å². The van der Waals surface area contributed by atoms with E-state index in [0.29, 0.717) is 0 Å². The summed E-state index contributed by atoms with van der Waals surface area (Å²) in [5, 5.41) is 4.98. The van der Waals surface area contributed by atoms with Crippen molar-refractivity contribution in [3.8, 4) is 11.6 Å². The Labute approximate surface area is 195 Å². The molecule has 0 aliphatic heterocycles. The van der Waals surface area contributed by atoms with Gasteiger partial charge in [0.25, 0.3) is 5.91 Å². The predicted molar refractivity (Wildman–Crippen MR) is 120 cm³/mol. The summed E-state index contributed by atoms with van der Waals surface area (Å²) in [6, 6.07) is 11.6. The molecule has 0 aliphatic rings. The zero-order valence-corrected chi connectivity index (χ0v) is 18.1. The van der Waals surface area contributed by atoms with Gasteiger partial charge in [-0.3, -0.25) is 4.79 Å². The van der Waals surface area contributed by atoms with Crippen molar-refractivity contribution in [1.29, 1.82) is 0 Å². The van der Waals surface area contributed by atoms with Gasteiger partial charge in [-0.2, -0.15) is 18.2 Å². The number of carbonyl (C=O) groups excluding carboxylic acids is 1. The third kappa shape index (κ3) is 4.72. The number of fused-ring (bicyclic) bond motifs is 1. The Balaban J connectivity index is 1.65. The van der Waals surface area contributed by atoms with Crippen LogP contribution in [0.2, 0.25) is 5.02 Å². The summed E-state index contributed by atoms with van der Waals surface area (Å²) >= 11 is 5.62. The van der Waals surface area contributed by atoms with Crippen LogP contribution < -0.4 is 15.4 Å². The van der Waals surface area contributed by atoms with Crippen LogP contribution in [0.3, 0.4) is 0 Å². The SMILES string of the molecule is CNc1nccc(Oc2ccc3c(C(=O)Nc4ccc(Cl)c(C(F)(F)F)c4)cccc3c2F)n1. The summed E-state index contributed by atoms with van der Waals surface area (Å²) in [7, 11) is 1.62. The number of benzene rings is 3. The molecule has 0 fully saturated rings. The number of nitrogens with zero attached hydrogens (tertiary/aromatic N) is 2. The van der Waals surface area contributed by atoms with E-state index in [9.17, 15) is 18.0 Å². The predicted octanol–water partition coefficient (Wildman–Crippen LogP) is 6.53. The van der Waals surface area contributed by atoms with Crippen molar-refractivity contribution in [1.82, 2.24) is 9.97 Å². The molecule has 3 aromatic carbocycles. The number of alkyl halides is 3. The highest BCUT2D eigenvalue weighted by atomic mass is 35.5. The lowest BCUT2D eigenvalue weighted by atomic mass is 10.0. The summed E-state index contributed by atoms with van der Waals surface area (Å²) < 4.78 is 60.1. The van der Waals surface area contributed by atoms with Gasteiger partial charge in [0.15, 0.2) is 11.6 Å². The number of carbonyl (C=O) groups is 1. The van der Waals surface area contributed by atoms with Gasteiger partial charge in [0.1, 0.15) is 0 Å². The van der Waals surface area contributed by atoms with Gasteiger partial charge in [0, 0.05) is 35.9 Å². The lowest BCUT2D eigenvalue weighted by Gasteiger charge is -2.13. The maximum atomic E-state index is 15.2. The van der Waals surface area contributed by atoms with Gasteiger partial charge >= 0.3 is 6.18 Å². The van der Waals surface area contributed by atoms with Crippen LogP contribution in [-0.4, -0.2) is 22.9 Å². The Morgan fingerprint density at radius 1 is 1.06 bits per heavy atom. The average Bonchev–Trinajstić information content (AvgIpc) is 2.81. The molecule has 0 atom stereocenters. The molecule has 0 bridgehead atoms. The quantitative estimate of drug-likeness (QED) is 0.311. The molecule has 1 aromatic heterocycles. The third-order valence-corrected chi connectivity index (χ3v) is 5.13. The second kappa shape index (κ2) is 9.14. The van der Waals surface area contributed by atoms with Crippen LogP contribution in [0.4, 0.5) is 29.2 Å². The van der Waals surface area contributed by atoms with Crippen LogP contribution in [0, 0.1) is 5.82 Å². The van der Waals surface area contributed by atoms with Crippen LogP contribution in [0.25, 0.3) is 10.8 Å². The number of amides is 1. The molecule has 0 radical (unpaired) electrons. The largest absolute Gasteiger partial charge is 0.436 e. The standard InChI is InChI=1S/C23H15ClF4N4O2/c1-29-22-30-10-9-19(32-22)34-18-8-6-13-14(20(18)25)3-2-4-15(13)21(33)31-12-5-7-17(24)16(11-12)23(26,27)28/h2-11H,1H3,(H,31,33)(H,29,30,32). The Morgan fingerprint density at radius 2 is 1.85 bits per heavy atom. The van der Waals surface area contributed by atoms with E-state index < -0.39 is 28.5 Å². The molecular weight excluding hydrogens is 476 g/mol. The van der Waals surface area contributed by atoms with E-state index in [4.69, 9.17) is 16.3 Å². The second-order valence-corrected chi connectivity index (χ2v) is 7.40. The molecular formula is C23H15ClF4N4O2. The first-order valence-corrected chi connectivity index (χ1v) is 10.1. The number of aromatic nitrogens is 2. The number of hydrogen-bond donors (Lipinski definition) is 2. The summed E-state index contributed by atoms with van der Waals surface area (Å²) in [5.74, 6) is -1.19.